The standard InChI is InChI=1S/C5H9N3.2C5H11N/c1-4(2)5(7)8-3-6;2*1-4(2)5(3)6/h4H,1-2H3,(H2,7,8);2*4,6H,1-3H3. The number of amidine groups is 1. The predicted molar refractivity (Wildman–Crippen MR) is 88.6 cm³/mol. The van der Waals surface area contributed by atoms with Crippen LogP contribution in [0.15, 0.2) is 4.99 Å². The lowest BCUT2D eigenvalue weighted by molar-refractivity contribution is 0.871. The third-order valence-electron chi connectivity index (χ3n) is 2.50. The number of nitrogens with two attached hydrogens (primary N) is 1. The molecule has 0 radical (unpaired) electrons. The number of rotatable bonds is 3. The maximum atomic E-state index is 7.97. The molecule has 0 aromatic rings. The largest absolute Gasteiger partial charge is 0.386 e. The first-order chi connectivity index (χ1) is 8.97. The summed E-state index contributed by atoms with van der Waals surface area (Å²) >= 11 is 0. The van der Waals surface area contributed by atoms with Crippen LogP contribution in [0.1, 0.15) is 55.4 Å². The van der Waals surface area contributed by atoms with Crippen molar-refractivity contribution in [2.75, 3.05) is 0 Å². The van der Waals surface area contributed by atoms with Crippen molar-refractivity contribution in [3.05, 3.63) is 0 Å². The van der Waals surface area contributed by atoms with Gasteiger partial charge in [-0.1, -0.05) is 41.5 Å². The average molecular weight is 281 g/mol. The predicted octanol–water partition coefficient (Wildman–Crippen LogP) is 3.84. The van der Waals surface area contributed by atoms with Crippen molar-refractivity contribution in [2.24, 2.45) is 28.5 Å². The van der Waals surface area contributed by atoms with Crippen LogP contribution in [-0.4, -0.2) is 17.3 Å². The molecule has 0 heterocycles. The van der Waals surface area contributed by atoms with E-state index in [2.05, 4.69) is 4.99 Å². The summed E-state index contributed by atoms with van der Waals surface area (Å²) in [5, 5.41) is 21.9. The van der Waals surface area contributed by atoms with E-state index in [1.54, 1.807) is 6.19 Å². The SMILES string of the molecule is CC(=N)C(C)C.CC(=N)C(C)C.CC(C)C(N)=NC#N. The molecule has 0 aromatic carbocycles. The van der Waals surface area contributed by atoms with E-state index in [-0.39, 0.29) is 5.92 Å². The van der Waals surface area contributed by atoms with Gasteiger partial charge in [-0.2, -0.15) is 10.3 Å². The molecular weight excluding hydrogens is 250 g/mol. The van der Waals surface area contributed by atoms with Gasteiger partial charge in [0.1, 0.15) is 5.84 Å². The van der Waals surface area contributed by atoms with Crippen LogP contribution in [0.5, 0.6) is 0 Å². The minimum Gasteiger partial charge on any atom is -0.386 e. The lowest BCUT2D eigenvalue weighted by Gasteiger charge is -1.97. The molecule has 0 saturated heterocycles. The van der Waals surface area contributed by atoms with Crippen molar-refractivity contribution in [3.63, 3.8) is 0 Å². The van der Waals surface area contributed by atoms with E-state index >= 15 is 0 Å². The zero-order valence-corrected chi connectivity index (χ0v) is 14.2. The number of aliphatic imine (C=N–C) groups is 1. The molecule has 0 rings (SSSR count). The summed E-state index contributed by atoms with van der Waals surface area (Å²) < 4.78 is 0. The molecule has 0 aliphatic heterocycles. The van der Waals surface area contributed by atoms with Gasteiger partial charge in [0.25, 0.3) is 0 Å². The Morgan fingerprint density at radius 3 is 1.20 bits per heavy atom. The Morgan fingerprint density at radius 1 is 0.900 bits per heavy atom. The fraction of sp³-hybridized carbons (Fsp3) is 0.733. The first-order valence-electron chi connectivity index (χ1n) is 6.79. The monoisotopic (exact) mass is 281 g/mol. The minimum atomic E-state index is 0.176. The molecule has 116 valence electrons. The van der Waals surface area contributed by atoms with Gasteiger partial charge in [-0.3, -0.25) is 0 Å². The molecule has 0 aliphatic carbocycles. The first kappa shape index (κ1) is 23.4. The van der Waals surface area contributed by atoms with Crippen molar-refractivity contribution in [1.82, 2.24) is 0 Å². The molecule has 5 heteroatoms. The van der Waals surface area contributed by atoms with Crippen molar-refractivity contribution in [2.45, 2.75) is 55.4 Å². The van der Waals surface area contributed by atoms with Crippen LogP contribution in [0.3, 0.4) is 0 Å². The Balaban J connectivity index is -0.000000221. The molecule has 0 aromatic heterocycles. The number of nitrogens with one attached hydrogen (secondary N) is 2. The lowest BCUT2D eigenvalue weighted by atomic mass is 10.1. The van der Waals surface area contributed by atoms with Crippen LogP contribution >= 0.6 is 0 Å². The second-order valence-electron chi connectivity index (χ2n) is 5.47. The fourth-order valence-corrected chi connectivity index (χ4v) is 0.187. The van der Waals surface area contributed by atoms with Crippen molar-refractivity contribution >= 4 is 17.3 Å². The van der Waals surface area contributed by atoms with Crippen molar-refractivity contribution in [1.29, 1.82) is 16.1 Å². The van der Waals surface area contributed by atoms with E-state index in [4.69, 9.17) is 21.8 Å². The summed E-state index contributed by atoms with van der Waals surface area (Å²) in [6.07, 6.45) is 1.61. The smallest absolute Gasteiger partial charge is 0.207 e. The molecule has 0 spiro atoms. The van der Waals surface area contributed by atoms with E-state index in [1.807, 2.05) is 55.4 Å². The van der Waals surface area contributed by atoms with Crippen LogP contribution in [0, 0.1) is 40.0 Å². The van der Waals surface area contributed by atoms with Gasteiger partial charge in [-0.25, -0.2) is 0 Å². The maximum Gasteiger partial charge on any atom is 0.207 e. The molecule has 0 bridgehead atoms. The van der Waals surface area contributed by atoms with Gasteiger partial charge in [-0.15, -0.1) is 0 Å². The van der Waals surface area contributed by atoms with Gasteiger partial charge in [-0.05, 0) is 25.7 Å². The van der Waals surface area contributed by atoms with Crippen LogP contribution in [0.4, 0.5) is 0 Å². The van der Waals surface area contributed by atoms with E-state index < -0.39 is 0 Å². The summed E-state index contributed by atoms with van der Waals surface area (Å²) in [5.41, 5.74) is 6.77. The molecule has 5 nitrogen and oxygen atoms in total. The first-order valence-corrected chi connectivity index (χ1v) is 6.79. The molecule has 0 fully saturated rings. The quantitative estimate of drug-likeness (QED) is 0.415. The Hall–Kier alpha value is -1.70. The number of hydrogen-bond acceptors (Lipinski definition) is 4. The maximum absolute atomic E-state index is 7.97. The zero-order chi connectivity index (χ0) is 16.9. The Morgan fingerprint density at radius 2 is 1.15 bits per heavy atom. The highest BCUT2D eigenvalue weighted by atomic mass is 14.8. The third kappa shape index (κ3) is 21.6. The molecule has 0 saturated carbocycles. The highest BCUT2D eigenvalue weighted by molar-refractivity contribution is 5.82. The van der Waals surface area contributed by atoms with Gasteiger partial charge in [0.2, 0.25) is 6.19 Å². The van der Waals surface area contributed by atoms with Crippen molar-refractivity contribution < 1.29 is 0 Å². The van der Waals surface area contributed by atoms with E-state index in [1.165, 1.54) is 0 Å². The van der Waals surface area contributed by atoms with E-state index in [0.29, 0.717) is 17.7 Å². The highest BCUT2D eigenvalue weighted by Crippen LogP contribution is 1.91. The summed E-state index contributed by atoms with van der Waals surface area (Å²) in [6, 6.07) is 0. The molecule has 0 atom stereocenters. The van der Waals surface area contributed by atoms with Crippen LogP contribution in [-0.2, 0) is 0 Å². The van der Waals surface area contributed by atoms with E-state index in [9.17, 15) is 0 Å². The number of hydrogen-bond donors (Lipinski definition) is 3. The topological polar surface area (TPSA) is 110 Å². The van der Waals surface area contributed by atoms with Gasteiger partial charge in [0.05, 0.1) is 0 Å². The summed E-state index contributed by atoms with van der Waals surface area (Å²) in [6.45, 7) is 15.5. The van der Waals surface area contributed by atoms with Gasteiger partial charge >= 0.3 is 0 Å². The molecule has 0 unspecified atom stereocenters. The van der Waals surface area contributed by atoms with Gasteiger partial charge < -0.3 is 16.6 Å². The zero-order valence-electron chi connectivity index (χ0n) is 14.2. The normalized spacial score (nSPS) is 10.2. The summed E-state index contributed by atoms with van der Waals surface area (Å²) in [5.74, 6) is 1.44. The van der Waals surface area contributed by atoms with Crippen LogP contribution in [0.2, 0.25) is 0 Å². The molecule has 4 N–H and O–H groups in total. The van der Waals surface area contributed by atoms with Crippen molar-refractivity contribution in [3.8, 4) is 6.19 Å². The summed E-state index contributed by atoms with van der Waals surface area (Å²) in [4.78, 5) is 3.32. The average Bonchev–Trinajstić information content (AvgIpc) is 2.30. The minimum absolute atomic E-state index is 0.176. The molecule has 20 heavy (non-hydrogen) atoms. The fourth-order valence-electron chi connectivity index (χ4n) is 0.187. The lowest BCUT2D eigenvalue weighted by Crippen LogP contribution is -2.17. The molecule has 0 aliphatic rings. The van der Waals surface area contributed by atoms with Gasteiger partial charge in [0.15, 0.2) is 0 Å². The Kier molecular flexibility index (Phi) is 16.1. The second kappa shape index (κ2) is 13.7. The Labute approximate surface area is 124 Å². The third-order valence-corrected chi connectivity index (χ3v) is 2.50. The Bertz CT molecular complexity index is 328. The highest BCUT2D eigenvalue weighted by Gasteiger charge is 1.95. The molecule has 0 amide bonds. The molecular formula is C15H31N5. The van der Waals surface area contributed by atoms with E-state index in [0.717, 1.165) is 11.4 Å². The number of nitrogens with zero attached hydrogens (tertiary/aromatic N) is 2. The van der Waals surface area contributed by atoms with Crippen LogP contribution < -0.4 is 5.73 Å². The summed E-state index contributed by atoms with van der Waals surface area (Å²) in [7, 11) is 0. The second-order valence-corrected chi connectivity index (χ2v) is 5.47. The van der Waals surface area contributed by atoms with Crippen LogP contribution in [0.25, 0.3) is 0 Å². The van der Waals surface area contributed by atoms with Gasteiger partial charge in [0, 0.05) is 17.3 Å². The number of nitriles is 1.